The summed E-state index contributed by atoms with van der Waals surface area (Å²) in [5, 5.41) is 0. The molecule has 1 aliphatic rings. The predicted octanol–water partition coefficient (Wildman–Crippen LogP) is 4.94. The Morgan fingerprint density at radius 3 is 2.38 bits per heavy atom. The Morgan fingerprint density at radius 2 is 1.72 bits per heavy atom. The molecule has 3 rings (SSSR count). The van der Waals surface area contributed by atoms with Gasteiger partial charge in [-0.15, -0.1) is 0 Å². The van der Waals surface area contributed by atoms with Crippen LogP contribution in [0.4, 0.5) is 0 Å². The van der Waals surface area contributed by atoms with Crippen molar-refractivity contribution in [3.63, 3.8) is 0 Å². The largest absolute Gasteiger partial charge is 0.494 e. The molecule has 0 bridgehead atoms. The van der Waals surface area contributed by atoms with Crippen molar-refractivity contribution in [2.24, 2.45) is 5.41 Å². The topological polar surface area (TPSA) is 52.6 Å². The molecule has 0 N–H and O–H groups in total. The van der Waals surface area contributed by atoms with Gasteiger partial charge in [-0.25, -0.2) is 0 Å². The van der Waals surface area contributed by atoms with E-state index in [4.69, 9.17) is 8.92 Å². The Morgan fingerprint density at radius 1 is 0.966 bits per heavy atom. The van der Waals surface area contributed by atoms with Gasteiger partial charge in [0.15, 0.2) is 0 Å². The lowest BCUT2D eigenvalue weighted by Crippen LogP contribution is -2.26. The molecule has 0 heterocycles. The first-order valence-electron chi connectivity index (χ1n) is 10.2. The maximum absolute atomic E-state index is 11.0. The van der Waals surface area contributed by atoms with E-state index in [1.807, 2.05) is 24.3 Å². The van der Waals surface area contributed by atoms with Gasteiger partial charge in [0.2, 0.25) is 0 Å². The lowest BCUT2D eigenvalue weighted by Gasteiger charge is -2.33. The van der Waals surface area contributed by atoms with Crippen LogP contribution in [0.5, 0.6) is 5.75 Å². The zero-order valence-corrected chi connectivity index (χ0v) is 17.9. The van der Waals surface area contributed by atoms with E-state index in [2.05, 4.69) is 42.5 Å². The molecule has 0 fully saturated rings. The second kappa shape index (κ2) is 10.1. The summed E-state index contributed by atoms with van der Waals surface area (Å²) in [5.74, 6) is 0.840. The van der Waals surface area contributed by atoms with Crippen LogP contribution in [0.15, 0.2) is 66.7 Å². The smallest absolute Gasteiger partial charge is 0.264 e. The van der Waals surface area contributed by atoms with Crippen LogP contribution >= 0.6 is 0 Å². The Kier molecular flexibility index (Phi) is 7.51. The van der Waals surface area contributed by atoms with Crippen molar-refractivity contribution < 1.29 is 17.3 Å². The normalized spacial score (nSPS) is 19.2. The quantitative estimate of drug-likeness (QED) is 0.408. The van der Waals surface area contributed by atoms with E-state index >= 15 is 0 Å². The minimum absolute atomic E-state index is 0.160. The van der Waals surface area contributed by atoms with Crippen LogP contribution < -0.4 is 4.74 Å². The summed E-state index contributed by atoms with van der Waals surface area (Å²) in [5.41, 5.74) is 2.57. The van der Waals surface area contributed by atoms with Gasteiger partial charge in [0.25, 0.3) is 10.1 Å². The molecule has 4 nitrogen and oxygen atoms in total. The molecule has 0 radical (unpaired) electrons. The molecule has 0 spiro atoms. The molecule has 0 aliphatic heterocycles. The average Bonchev–Trinajstić information content (AvgIpc) is 2.70. The first kappa shape index (κ1) is 21.6. The third-order valence-electron chi connectivity index (χ3n) is 5.40. The van der Waals surface area contributed by atoms with Crippen molar-refractivity contribution in [2.75, 3.05) is 19.5 Å². The molecular weight excluding hydrogens is 384 g/mol. The van der Waals surface area contributed by atoms with E-state index in [1.54, 1.807) is 0 Å². The van der Waals surface area contributed by atoms with Gasteiger partial charge >= 0.3 is 0 Å². The molecule has 1 aliphatic carbocycles. The Bertz CT molecular complexity index is 888. The Balaban J connectivity index is 1.52. The Labute approximate surface area is 174 Å². The lowest BCUT2D eigenvalue weighted by molar-refractivity contribution is 0.216. The maximum Gasteiger partial charge on any atom is 0.264 e. The average molecular weight is 415 g/mol. The molecule has 1 atom stereocenters. The summed E-state index contributed by atoms with van der Waals surface area (Å²) < 4.78 is 32.9. The number of hydrogen-bond acceptors (Lipinski definition) is 4. The van der Waals surface area contributed by atoms with Crippen molar-refractivity contribution in [2.45, 2.75) is 38.5 Å². The Hall–Kier alpha value is -2.11. The molecule has 29 heavy (non-hydrogen) atoms. The summed E-state index contributed by atoms with van der Waals surface area (Å²) in [7, 11) is -3.38. The van der Waals surface area contributed by atoms with Crippen LogP contribution in [0, 0.1) is 5.41 Å². The number of ether oxygens (including phenoxy) is 1. The van der Waals surface area contributed by atoms with Crippen molar-refractivity contribution in [3.05, 3.63) is 77.9 Å². The maximum atomic E-state index is 11.0. The van der Waals surface area contributed by atoms with Crippen LogP contribution in [0.3, 0.4) is 0 Å². The molecule has 0 saturated heterocycles. The minimum atomic E-state index is -3.38. The number of hydrogen-bond donors (Lipinski definition) is 0. The molecular formula is C24H30O4S. The molecule has 0 aromatic heterocycles. The van der Waals surface area contributed by atoms with Gasteiger partial charge in [0, 0.05) is 0 Å². The standard InChI is InChI=1S/C24H30O4S/c1-29(25,26)28-18-14-21-10-12-23(13-11-21)27-19-17-24(15-6-3-7-16-24)20-22-8-4-2-5-9-22/h2,4-6,8-13,15H,3,7,14,16-20H2,1H3. The van der Waals surface area contributed by atoms with Crippen molar-refractivity contribution >= 4 is 10.1 Å². The van der Waals surface area contributed by atoms with Crippen molar-refractivity contribution in [1.29, 1.82) is 0 Å². The highest BCUT2D eigenvalue weighted by Gasteiger charge is 2.28. The molecule has 0 saturated carbocycles. The summed E-state index contributed by atoms with van der Waals surface area (Å²) in [6.07, 6.45) is 12.0. The summed E-state index contributed by atoms with van der Waals surface area (Å²) in [4.78, 5) is 0. The van der Waals surface area contributed by atoms with Crippen LogP contribution in [0.1, 0.15) is 36.8 Å². The minimum Gasteiger partial charge on any atom is -0.494 e. The van der Waals surface area contributed by atoms with Gasteiger partial charge in [-0.3, -0.25) is 4.18 Å². The van der Waals surface area contributed by atoms with Crippen LogP contribution in [0.2, 0.25) is 0 Å². The highest BCUT2D eigenvalue weighted by atomic mass is 32.2. The highest BCUT2D eigenvalue weighted by molar-refractivity contribution is 7.85. The second-order valence-corrected chi connectivity index (χ2v) is 9.48. The first-order chi connectivity index (χ1) is 13.9. The molecule has 2 aromatic rings. The SMILES string of the molecule is CS(=O)(=O)OCCc1ccc(OCCC2(Cc3ccccc3)C=CCCC2)cc1. The van der Waals surface area contributed by atoms with Gasteiger partial charge in [-0.1, -0.05) is 54.6 Å². The number of allylic oxidation sites excluding steroid dienone is 2. The van der Waals surface area contributed by atoms with Gasteiger partial charge in [0.05, 0.1) is 19.5 Å². The van der Waals surface area contributed by atoms with E-state index in [0.29, 0.717) is 13.0 Å². The molecule has 156 valence electrons. The third-order valence-corrected chi connectivity index (χ3v) is 5.99. The molecule has 1 unspecified atom stereocenters. The summed E-state index contributed by atoms with van der Waals surface area (Å²) in [6, 6.07) is 18.5. The predicted molar refractivity (Wildman–Crippen MR) is 117 cm³/mol. The number of rotatable bonds is 10. The van der Waals surface area contributed by atoms with E-state index in [1.165, 1.54) is 24.8 Å². The van der Waals surface area contributed by atoms with Crippen molar-refractivity contribution in [1.82, 2.24) is 0 Å². The van der Waals surface area contributed by atoms with Gasteiger partial charge < -0.3 is 4.74 Å². The summed E-state index contributed by atoms with van der Waals surface area (Å²) >= 11 is 0. The fraction of sp³-hybridized carbons (Fsp3) is 0.417. The van der Waals surface area contributed by atoms with Crippen LogP contribution in [-0.2, 0) is 27.1 Å². The van der Waals surface area contributed by atoms with E-state index < -0.39 is 10.1 Å². The monoisotopic (exact) mass is 414 g/mol. The van der Waals surface area contributed by atoms with Crippen molar-refractivity contribution in [3.8, 4) is 5.75 Å². The van der Waals surface area contributed by atoms with Crippen LogP contribution in [0.25, 0.3) is 0 Å². The molecule has 0 amide bonds. The molecule has 5 heteroatoms. The van der Waals surface area contributed by atoms with E-state index in [-0.39, 0.29) is 12.0 Å². The van der Waals surface area contributed by atoms with Crippen LogP contribution in [-0.4, -0.2) is 27.9 Å². The van der Waals surface area contributed by atoms with Gasteiger partial charge in [-0.05, 0) is 67.2 Å². The van der Waals surface area contributed by atoms with Gasteiger partial charge in [-0.2, -0.15) is 8.42 Å². The summed E-state index contributed by atoms with van der Waals surface area (Å²) in [6.45, 7) is 0.834. The molecule has 2 aromatic carbocycles. The lowest BCUT2D eigenvalue weighted by atomic mass is 9.72. The fourth-order valence-corrected chi connectivity index (χ4v) is 4.26. The number of benzene rings is 2. The zero-order chi connectivity index (χ0) is 20.6. The highest BCUT2D eigenvalue weighted by Crippen LogP contribution is 2.38. The van der Waals surface area contributed by atoms with E-state index in [0.717, 1.165) is 30.4 Å². The van der Waals surface area contributed by atoms with E-state index in [9.17, 15) is 8.42 Å². The fourth-order valence-electron chi connectivity index (χ4n) is 3.87. The third kappa shape index (κ3) is 7.33. The first-order valence-corrected chi connectivity index (χ1v) is 12.0. The van der Waals surface area contributed by atoms with Gasteiger partial charge in [0.1, 0.15) is 5.75 Å². The zero-order valence-electron chi connectivity index (χ0n) is 17.0. The second-order valence-electron chi connectivity index (χ2n) is 7.84.